The zero-order chi connectivity index (χ0) is 10.2. The van der Waals surface area contributed by atoms with Crippen LogP contribution in [0.15, 0.2) is 30.3 Å². The van der Waals surface area contributed by atoms with Gasteiger partial charge in [0.05, 0.1) is 6.61 Å². The number of carbonyl (C=O) groups excluding carboxylic acids is 1. The van der Waals surface area contributed by atoms with Crippen LogP contribution in [-0.2, 0) is 9.53 Å². The van der Waals surface area contributed by atoms with E-state index in [2.05, 4.69) is 0 Å². The third kappa shape index (κ3) is 4.62. The van der Waals surface area contributed by atoms with Gasteiger partial charge in [0.15, 0.2) is 5.78 Å². The molecule has 3 heteroatoms. The summed E-state index contributed by atoms with van der Waals surface area (Å²) in [5.74, 6) is 0.851. The van der Waals surface area contributed by atoms with E-state index in [-0.39, 0.29) is 12.4 Å². The van der Waals surface area contributed by atoms with Gasteiger partial charge in [0, 0.05) is 0 Å². The van der Waals surface area contributed by atoms with Gasteiger partial charge >= 0.3 is 0 Å². The molecule has 0 aliphatic carbocycles. The second-order valence-electron chi connectivity index (χ2n) is 2.92. The SMILES string of the molecule is CC(=O)COCCOc1ccccc1. The van der Waals surface area contributed by atoms with Crippen molar-refractivity contribution in [1.82, 2.24) is 0 Å². The van der Waals surface area contributed by atoms with Crippen molar-refractivity contribution >= 4 is 5.78 Å². The Morgan fingerprint density at radius 2 is 1.93 bits per heavy atom. The van der Waals surface area contributed by atoms with Crippen molar-refractivity contribution in [2.45, 2.75) is 6.92 Å². The van der Waals surface area contributed by atoms with Crippen LogP contribution in [0.1, 0.15) is 6.92 Å². The van der Waals surface area contributed by atoms with E-state index < -0.39 is 0 Å². The molecule has 0 heterocycles. The number of ketones is 1. The molecule has 0 spiro atoms. The lowest BCUT2D eigenvalue weighted by Crippen LogP contribution is -2.11. The number of Topliss-reactive ketones (excluding diaryl/α,β-unsaturated/α-hetero) is 1. The van der Waals surface area contributed by atoms with E-state index in [1.807, 2.05) is 30.3 Å². The monoisotopic (exact) mass is 194 g/mol. The van der Waals surface area contributed by atoms with Crippen molar-refractivity contribution in [2.24, 2.45) is 0 Å². The molecular weight excluding hydrogens is 180 g/mol. The fourth-order valence-electron chi connectivity index (χ4n) is 0.951. The van der Waals surface area contributed by atoms with Gasteiger partial charge in [0.25, 0.3) is 0 Å². The highest BCUT2D eigenvalue weighted by atomic mass is 16.5. The van der Waals surface area contributed by atoms with Crippen molar-refractivity contribution in [3.8, 4) is 5.75 Å². The molecule has 0 aliphatic heterocycles. The summed E-state index contributed by atoms with van der Waals surface area (Å²) < 4.78 is 10.4. The van der Waals surface area contributed by atoms with Gasteiger partial charge in [-0.25, -0.2) is 0 Å². The quantitative estimate of drug-likeness (QED) is 0.646. The maximum absolute atomic E-state index is 10.5. The summed E-state index contributed by atoms with van der Waals surface area (Å²) in [6.45, 7) is 2.57. The minimum absolute atomic E-state index is 0.0321. The first-order valence-electron chi connectivity index (χ1n) is 4.54. The summed E-state index contributed by atoms with van der Waals surface area (Å²) in [6.07, 6.45) is 0. The van der Waals surface area contributed by atoms with Gasteiger partial charge in [-0.05, 0) is 19.1 Å². The lowest BCUT2D eigenvalue weighted by molar-refractivity contribution is -0.121. The third-order valence-corrected chi connectivity index (χ3v) is 1.54. The lowest BCUT2D eigenvalue weighted by atomic mass is 10.3. The molecule has 76 valence electrons. The molecule has 0 atom stereocenters. The first-order chi connectivity index (χ1) is 6.79. The standard InChI is InChI=1S/C11H14O3/c1-10(12)9-13-7-8-14-11-5-3-2-4-6-11/h2-6H,7-9H2,1H3. The van der Waals surface area contributed by atoms with Crippen LogP contribution in [0, 0.1) is 0 Å². The van der Waals surface area contributed by atoms with Crippen LogP contribution < -0.4 is 4.74 Å². The maximum atomic E-state index is 10.5. The van der Waals surface area contributed by atoms with Crippen molar-refractivity contribution in [1.29, 1.82) is 0 Å². The Hall–Kier alpha value is -1.35. The highest BCUT2D eigenvalue weighted by molar-refractivity contribution is 5.76. The van der Waals surface area contributed by atoms with Crippen LogP contribution in [-0.4, -0.2) is 25.6 Å². The van der Waals surface area contributed by atoms with Crippen molar-refractivity contribution in [3.05, 3.63) is 30.3 Å². The number of hydrogen-bond donors (Lipinski definition) is 0. The van der Waals surface area contributed by atoms with E-state index in [4.69, 9.17) is 9.47 Å². The Morgan fingerprint density at radius 3 is 2.57 bits per heavy atom. The van der Waals surface area contributed by atoms with Crippen LogP contribution in [0.5, 0.6) is 5.75 Å². The molecule has 0 aromatic heterocycles. The van der Waals surface area contributed by atoms with Crippen LogP contribution in [0.25, 0.3) is 0 Å². The van der Waals surface area contributed by atoms with Crippen LogP contribution in [0.3, 0.4) is 0 Å². The molecule has 0 unspecified atom stereocenters. The lowest BCUT2D eigenvalue weighted by Gasteiger charge is -2.05. The minimum Gasteiger partial charge on any atom is -0.491 e. The number of ether oxygens (including phenoxy) is 2. The zero-order valence-corrected chi connectivity index (χ0v) is 8.23. The second-order valence-corrected chi connectivity index (χ2v) is 2.92. The Balaban J connectivity index is 2.08. The highest BCUT2D eigenvalue weighted by Crippen LogP contribution is 2.07. The molecular formula is C11H14O3. The van der Waals surface area contributed by atoms with Gasteiger partial charge in [0.1, 0.15) is 19.0 Å². The molecule has 14 heavy (non-hydrogen) atoms. The van der Waals surface area contributed by atoms with E-state index >= 15 is 0 Å². The normalized spacial score (nSPS) is 9.79. The third-order valence-electron chi connectivity index (χ3n) is 1.54. The minimum atomic E-state index is 0.0321. The molecule has 0 bridgehead atoms. The number of benzene rings is 1. The van der Waals surface area contributed by atoms with Crippen LogP contribution in [0.2, 0.25) is 0 Å². The topological polar surface area (TPSA) is 35.5 Å². The molecule has 0 saturated carbocycles. The Kier molecular flexibility index (Phi) is 4.72. The summed E-state index contributed by atoms with van der Waals surface area (Å²) >= 11 is 0. The van der Waals surface area contributed by atoms with Crippen LogP contribution in [0.4, 0.5) is 0 Å². The number of hydrogen-bond acceptors (Lipinski definition) is 3. The molecule has 0 amide bonds. The van der Waals surface area contributed by atoms with Gasteiger partial charge in [-0.3, -0.25) is 4.79 Å². The summed E-state index contributed by atoms with van der Waals surface area (Å²) in [4.78, 5) is 10.5. The summed E-state index contributed by atoms with van der Waals surface area (Å²) in [6, 6.07) is 9.51. The van der Waals surface area contributed by atoms with Crippen molar-refractivity contribution in [2.75, 3.05) is 19.8 Å². The van der Waals surface area contributed by atoms with Crippen LogP contribution >= 0.6 is 0 Å². The molecule has 0 aliphatic rings. The Labute approximate surface area is 83.6 Å². The molecule has 1 aromatic rings. The first kappa shape index (κ1) is 10.7. The molecule has 0 N–H and O–H groups in total. The summed E-state index contributed by atoms with van der Waals surface area (Å²) in [5.41, 5.74) is 0. The average Bonchev–Trinajstić information content (AvgIpc) is 2.18. The van der Waals surface area contributed by atoms with Gasteiger partial charge in [-0.15, -0.1) is 0 Å². The van der Waals surface area contributed by atoms with Crippen molar-refractivity contribution < 1.29 is 14.3 Å². The predicted molar refractivity (Wildman–Crippen MR) is 53.4 cm³/mol. The number of para-hydroxylation sites is 1. The zero-order valence-electron chi connectivity index (χ0n) is 8.23. The molecule has 0 radical (unpaired) electrons. The highest BCUT2D eigenvalue weighted by Gasteiger charge is 1.94. The van der Waals surface area contributed by atoms with Gasteiger partial charge in [-0.1, -0.05) is 18.2 Å². The smallest absolute Gasteiger partial charge is 0.155 e. The van der Waals surface area contributed by atoms with Crippen molar-refractivity contribution in [3.63, 3.8) is 0 Å². The molecule has 1 rings (SSSR count). The largest absolute Gasteiger partial charge is 0.491 e. The number of carbonyl (C=O) groups is 1. The average molecular weight is 194 g/mol. The van der Waals surface area contributed by atoms with E-state index in [1.54, 1.807) is 0 Å². The molecule has 0 saturated heterocycles. The molecule has 0 fully saturated rings. The van der Waals surface area contributed by atoms with E-state index in [0.717, 1.165) is 5.75 Å². The van der Waals surface area contributed by atoms with Gasteiger partial charge < -0.3 is 9.47 Å². The molecule has 1 aromatic carbocycles. The van der Waals surface area contributed by atoms with Gasteiger partial charge in [-0.2, -0.15) is 0 Å². The summed E-state index contributed by atoms with van der Waals surface area (Å²) in [5, 5.41) is 0. The van der Waals surface area contributed by atoms with E-state index in [1.165, 1.54) is 6.92 Å². The first-order valence-corrected chi connectivity index (χ1v) is 4.54. The fourth-order valence-corrected chi connectivity index (χ4v) is 0.951. The predicted octanol–water partition coefficient (Wildman–Crippen LogP) is 1.67. The van der Waals surface area contributed by atoms with Gasteiger partial charge in [0.2, 0.25) is 0 Å². The fraction of sp³-hybridized carbons (Fsp3) is 0.364. The molecule has 3 nitrogen and oxygen atoms in total. The maximum Gasteiger partial charge on any atom is 0.155 e. The summed E-state index contributed by atoms with van der Waals surface area (Å²) in [7, 11) is 0. The van der Waals surface area contributed by atoms with E-state index in [9.17, 15) is 4.79 Å². The Morgan fingerprint density at radius 1 is 1.21 bits per heavy atom. The second kappa shape index (κ2) is 6.16. The Bertz CT molecular complexity index is 269. The van der Waals surface area contributed by atoms with E-state index in [0.29, 0.717) is 13.2 Å². The number of rotatable bonds is 6.